The van der Waals surface area contributed by atoms with Crippen LogP contribution in [0.3, 0.4) is 0 Å². The summed E-state index contributed by atoms with van der Waals surface area (Å²) in [5.41, 5.74) is 1.04. The smallest absolute Gasteiger partial charge is 0.253 e. The number of rotatable bonds is 2. The Balaban J connectivity index is 1.90. The Morgan fingerprint density at radius 2 is 2.19 bits per heavy atom. The molecule has 1 aliphatic rings. The molecule has 1 saturated heterocycles. The lowest BCUT2D eigenvalue weighted by Gasteiger charge is -2.30. The van der Waals surface area contributed by atoms with E-state index in [4.69, 9.17) is 0 Å². The second-order valence-electron chi connectivity index (χ2n) is 5.43. The normalized spacial score (nSPS) is 22.2. The highest BCUT2D eigenvalue weighted by molar-refractivity contribution is 6.04. The van der Waals surface area contributed by atoms with Gasteiger partial charge in [0.2, 0.25) is 0 Å². The zero-order valence-electron chi connectivity index (χ0n) is 11.8. The molecular weight excluding hydrogens is 271 g/mol. The first kappa shape index (κ1) is 13.9. The first-order valence-electron chi connectivity index (χ1n) is 7.07. The summed E-state index contributed by atoms with van der Waals surface area (Å²) >= 11 is 0. The summed E-state index contributed by atoms with van der Waals surface area (Å²) in [4.78, 5) is 20.7. The van der Waals surface area contributed by atoms with Crippen molar-refractivity contribution in [1.29, 1.82) is 0 Å². The monoisotopic (exact) mass is 288 g/mol. The van der Waals surface area contributed by atoms with Crippen molar-refractivity contribution in [2.24, 2.45) is 5.92 Å². The minimum Gasteiger partial charge on any atom is -0.348 e. The summed E-state index contributed by atoms with van der Waals surface area (Å²) in [7, 11) is 0. The second kappa shape index (κ2) is 5.73. The van der Waals surface area contributed by atoms with E-state index >= 15 is 0 Å². The lowest BCUT2D eigenvalue weighted by atomic mass is 9.94. The summed E-state index contributed by atoms with van der Waals surface area (Å²) in [5.74, 6) is -0.398. The number of carbonyl (C=O) groups excluding carboxylic acids is 1. The maximum absolute atomic E-state index is 13.7. The van der Waals surface area contributed by atoms with E-state index < -0.39 is 5.82 Å². The molecule has 2 N–H and O–H groups in total. The van der Waals surface area contributed by atoms with Crippen molar-refractivity contribution < 1.29 is 9.18 Å². The average molecular weight is 288 g/mol. The minimum absolute atomic E-state index is 0.0428. The van der Waals surface area contributed by atoms with E-state index in [1.54, 1.807) is 0 Å². The van der Waals surface area contributed by atoms with E-state index in [2.05, 4.69) is 27.5 Å². The average Bonchev–Trinajstić information content (AvgIpc) is 2.48. The molecular formula is C15H17FN4O. The molecule has 3 rings (SSSR count). The van der Waals surface area contributed by atoms with Gasteiger partial charge in [0.05, 0.1) is 11.1 Å². The largest absolute Gasteiger partial charge is 0.348 e. The number of piperidine rings is 1. The van der Waals surface area contributed by atoms with E-state index in [-0.39, 0.29) is 17.5 Å². The van der Waals surface area contributed by atoms with E-state index in [0.29, 0.717) is 17.0 Å². The molecule has 1 fully saturated rings. The zero-order chi connectivity index (χ0) is 14.8. The van der Waals surface area contributed by atoms with E-state index in [1.165, 1.54) is 24.5 Å². The van der Waals surface area contributed by atoms with Gasteiger partial charge >= 0.3 is 0 Å². The molecule has 1 aromatic carbocycles. The number of hydrogen-bond acceptors (Lipinski definition) is 4. The van der Waals surface area contributed by atoms with Gasteiger partial charge in [-0.2, -0.15) is 0 Å². The van der Waals surface area contributed by atoms with Crippen LogP contribution in [0.2, 0.25) is 0 Å². The molecule has 1 aliphatic heterocycles. The lowest BCUT2D eigenvalue weighted by molar-refractivity contribution is 0.0916. The fraction of sp³-hybridized carbons (Fsp3) is 0.400. The summed E-state index contributed by atoms with van der Waals surface area (Å²) in [6.07, 6.45) is 3.99. The quantitative estimate of drug-likeness (QED) is 0.879. The standard InChI is InChI=1S/C15H17FN4O/c1-9-2-3-17-8-13(9)20-15(21)11-6-10(16)7-12-14(11)19-5-4-18-12/h4-7,9,13,17H,2-3,8H2,1H3,(H,20,21). The fourth-order valence-electron chi connectivity index (χ4n) is 2.64. The molecule has 1 aromatic heterocycles. The third-order valence-electron chi connectivity index (χ3n) is 3.93. The number of nitrogens with zero attached hydrogens (tertiary/aromatic N) is 2. The molecule has 0 saturated carbocycles. The number of benzene rings is 1. The summed E-state index contributed by atoms with van der Waals surface area (Å²) in [6.45, 7) is 3.79. The highest BCUT2D eigenvalue weighted by atomic mass is 19.1. The molecule has 21 heavy (non-hydrogen) atoms. The van der Waals surface area contributed by atoms with Gasteiger partial charge in [0, 0.05) is 31.0 Å². The molecule has 0 aliphatic carbocycles. The first-order chi connectivity index (χ1) is 10.1. The number of halogens is 1. The highest BCUT2D eigenvalue weighted by Crippen LogP contribution is 2.18. The zero-order valence-corrected chi connectivity index (χ0v) is 11.8. The predicted molar refractivity (Wildman–Crippen MR) is 77.4 cm³/mol. The topological polar surface area (TPSA) is 66.9 Å². The van der Waals surface area contributed by atoms with Crippen molar-refractivity contribution in [1.82, 2.24) is 20.6 Å². The van der Waals surface area contributed by atoms with Gasteiger partial charge in [-0.3, -0.25) is 14.8 Å². The van der Waals surface area contributed by atoms with Crippen LogP contribution in [-0.4, -0.2) is 35.0 Å². The van der Waals surface area contributed by atoms with Gasteiger partial charge in [0.25, 0.3) is 5.91 Å². The SMILES string of the molecule is CC1CCNCC1NC(=O)c1cc(F)cc2nccnc12. The lowest BCUT2D eigenvalue weighted by Crippen LogP contribution is -2.50. The molecule has 6 heteroatoms. The Kier molecular flexibility index (Phi) is 3.79. The van der Waals surface area contributed by atoms with Gasteiger partial charge in [0.1, 0.15) is 11.3 Å². The van der Waals surface area contributed by atoms with Crippen LogP contribution in [-0.2, 0) is 0 Å². The highest BCUT2D eigenvalue weighted by Gasteiger charge is 2.24. The van der Waals surface area contributed by atoms with Crippen LogP contribution in [0.25, 0.3) is 11.0 Å². The number of aromatic nitrogens is 2. The van der Waals surface area contributed by atoms with Gasteiger partial charge in [-0.05, 0) is 24.9 Å². The third kappa shape index (κ3) is 2.85. The third-order valence-corrected chi connectivity index (χ3v) is 3.93. The van der Waals surface area contributed by atoms with E-state index in [9.17, 15) is 9.18 Å². The predicted octanol–water partition coefficient (Wildman–Crippen LogP) is 1.50. The molecule has 2 heterocycles. The maximum Gasteiger partial charge on any atom is 0.253 e. The molecule has 2 unspecified atom stereocenters. The minimum atomic E-state index is -0.483. The number of fused-ring (bicyclic) bond motifs is 1. The first-order valence-corrected chi connectivity index (χ1v) is 7.07. The van der Waals surface area contributed by atoms with Crippen molar-refractivity contribution in [3.05, 3.63) is 35.9 Å². The number of amides is 1. The van der Waals surface area contributed by atoms with Gasteiger partial charge in [-0.25, -0.2) is 4.39 Å². The molecule has 0 spiro atoms. The number of carbonyl (C=O) groups is 1. The fourth-order valence-corrected chi connectivity index (χ4v) is 2.64. The molecule has 0 bridgehead atoms. The van der Waals surface area contributed by atoms with Crippen molar-refractivity contribution in [2.75, 3.05) is 13.1 Å². The van der Waals surface area contributed by atoms with E-state index in [0.717, 1.165) is 19.5 Å². The summed E-state index contributed by atoms with van der Waals surface area (Å²) in [5, 5.41) is 6.22. The Labute approximate surface area is 122 Å². The van der Waals surface area contributed by atoms with Crippen molar-refractivity contribution >= 4 is 16.9 Å². The molecule has 110 valence electrons. The van der Waals surface area contributed by atoms with Crippen molar-refractivity contribution in [3.63, 3.8) is 0 Å². The van der Waals surface area contributed by atoms with Crippen molar-refractivity contribution in [2.45, 2.75) is 19.4 Å². The second-order valence-corrected chi connectivity index (χ2v) is 5.43. The summed E-state index contributed by atoms with van der Waals surface area (Å²) < 4.78 is 13.7. The molecule has 2 aromatic rings. The van der Waals surface area contributed by atoms with Crippen LogP contribution in [0.4, 0.5) is 4.39 Å². The van der Waals surface area contributed by atoms with Crippen LogP contribution in [0.15, 0.2) is 24.5 Å². The van der Waals surface area contributed by atoms with Gasteiger partial charge < -0.3 is 10.6 Å². The van der Waals surface area contributed by atoms with E-state index in [1.807, 2.05) is 0 Å². The van der Waals surface area contributed by atoms with Crippen molar-refractivity contribution in [3.8, 4) is 0 Å². The summed E-state index contributed by atoms with van der Waals surface area (Å²) in [6, 6.07) is 2.54. The van der Waals surface area contributed by atoms with Crippen LogP contribution in [0, 0.1) is 11.7 Å². The number of hydrogen-bond donors (Lipinski definition) is 2. The van der Waals surface area contributed by atoms with Crippen LogP contribution < -0.4 is 10.6 Å². The Hall–Kier alpha value is -2.08. The van der Waals surface area contributed by atoms with Gasteiger partial charge in [0.15, 0.2) is 0 Å². The van der Waals surface area contributed by atoms with Crippen LogP contribution in [0.1, 0.15) is 23.7 Å². The van der Waals surface area contributed by atoms with Gasteiger partial charge in [-0.15, -0.1) is 0 Å². The Morgan fingerprint density at radius 1 is 1.38 bits per heavy atom. The Bertz CT molecular complexity index is 676. The van der Waals surface area contributed by atoms with Crippen LogP contribution >= 0.6 is 0 Å². The molecule has 1 amide bonds. The molecule has 5 nitrogen and oxygen atoms in total. The number of nitrogens with one attached hydrogen (secondary N) is 2. The molecule has 0 radical (unpaired) electrons. The molecule has 2 atom stereocenters. The Morgan fingerprint density at radius 3 is 3.00 bits per heavy atom. The maximum atomic E-state index is 13.7. The van der Waals surface area contributed by atoms with Crippen LogP contribution in [0.5, 0.6) is 0 Å². The van der Waals surface area contributed by atoms with Gasteiger partial charge in [-0.1, -0.05) is 6.92 Å².